The van der Waals surface area contributed by atoms with Gasteiger partial charge in [0.2, 0.25) is 0 Å². The largest absolute Gasteiger partial charge is 0.299 e. The quantitative estimate of drug-likeness (QED) is 0.682. The summed E-state index contributed by atoms with van der Waals surface area (Å²) in [6, 6.07) is 1.23. The Labute approximate surface area is 120 Å². The number of piperidine rings is 1. The molecule has 3 aliphatic heterocycles. The summed E-state index contributed by atoms with van der Waals surface area (Å²) in [7, 11) is 0. The van der Waals surface area contributed by atoms with Crippen molar-refractivity contribution in [2.24, 2.45) is 16.7 Å². The van der Waals surface area contributed by atoms with Gasteiger partial charge < -0.3 is 0 Å². The highest BCUT2D eigenvalue weighted by Crippen LogP contribution is 2.70. The van der Waals surface area contributed by atoms with Gasteiger partial charge in [-0.1, -0.05) is 25.0 Å². The van der Waals surface area contributed by atoms with E-state index in [1.165, 1.54) is 43.4 Å². The Morgan fingerprint density at radius 2 is 2.20 bits per heavy atom. The molecular formula is C18H23NO. The van der Waals surface area contributed by atoms with Crippen molar-refractivity contribution in [1.82, 2.24) is 4.90 Å². The molecule has 1 unspecified atom stereocenters. The Kier molecular flexibility index (Phi) is 1.93. The molecule has 106 valence electrons. The van der Waals surface area contributed by atoms with E-state index in [4.69, 9.17) is 0 Å². The highest BCUT2D eigenvalue weighted by molar-refractivity contribution is 5.88. The van der Waals surface area contributed by atoms with Crippen molar-refractivity contribution in [2.45, 2.75) is 57.5 Å². The van der Waals surface area contributed by atoms with E-state index >= 15 is 0 Å². The molecule has 4 bridgehead atoms. The molecule has 2 aliphatic carbocycles. The Bertz CT molecular complexity index is 576. The van der Waals surface area contributed by atoms with Crippen LogP contribution in [0, 0.1) is 16.7 Å². The minimum Gasteiger partial charge on any atom is -0.299 e. The van der Waals surface area contributed by atoms with Crippen molar-refractivity contribution in [3.8, 4) is 0 Å². The van der Waals surface area contributed by atoms with Gasteiger partial charge in [-0.15, -0.1) is 6.58 Å². The van der Waals surface area contributed by atoms with E-state index in [1.54, 1.807) is 0 Å². The van der Waals surface area contributed by atoms with Crippen molar-refractivity contribution in [2.75, 3.05) is 6.54 Å². The van der Waals surface area contributed by atoms with E-state index in [-0.39, 0.29) is 5.41 Å². The van der Waals surface area contributed by atoms with Gasteiger partial charge in [0.05, 0.1) is 0 Å². The van der Waals surface area contributed by atoms with Crippen LogP contribution in [0.25, 0.3) is 0 Å². The highest BCUT2D eigenvalue weighted by Gasteiger charge is 2.71. The fourth-order valence-electron chi connectivity index (χ4n) is 6.98. The first kappa shape index (κ1) is 11.7. The van der Waals surface area contributed by atoms with Crippen molar-refractivity contribution in [1.29, 1.82) is 0 Å². The summed E-state index contributed by atoms with van der Waals surface area (Å²) in [6.07, 6.45) is 8.98. The van der Waals surface area contributed by atoms with Crippen LogP contribution in [0.3, 0.4) is 0 Å². The molecule has 3 heterocycles. The molecule has 0 aromatic heterocycles. The fraction of sp³-hybridized carbons (Fsp3) is 0.722. The number of ketones is 1. The molecule has 0 radical (unpaired) electrons. The van der Waals surface area contributed by atoms with Gasteiger partial charge in [-0.2, -0.15) is 0 Å². The van der Waals surface area contributed by atoms with E-state index in [1.807, 2.05) is 0 Å². The van der Waals surface area contributed by atoms with Gasteiger partial charge in [0, 0.05) is 36.9 Å². The second-order valence-electron chi connectivity index (χ2n) is 8.17. The van der Waals surface area contributed by atoms with Gasteiger partial charge in [-0.3, -0.25) is 9.69 Å². The van der Waals surface area contributed by atoms with Crippen LogP contribution in [0.4, 0.5) is 0 Å². The predicted octanol–water partition coefficient (Wildman–Crippen LogP) is 3.09. The van der Waals surface area contributed by atoms with Crippen LogP contribution < -0.4 is 0 Å². The van der Waals surface area contributed by atoms with Crippen LogP contribution in [-0.2, 0) is 4.79 Å². The SMILES string of the molecule is C=C[C@@]12CCC[C@@]3(C)CN4[C@H]1C1=C(CC(=O)C1)C[C@H]4[C@@H]32. The first-order valence-electron chi connectivity index (χ1n) is 8.21. The van der Waals surface area contributed by atoms with Gasteiger partial charge in [0.1, 0.15) is 5.78 Å². The van der Waals surface area contributed by atoms with E-state index < -0.39 is 0 Å². The summed E-state index contributed by atoms with van der Waals surface area (Å²) in [4.78, 5) is 14.7. The molecule has 0 aromatic carbocycles. The number of carbonyl (C=O) groups excluding carboxylic acids is 1. The molecule has 2 heteroatoms. The number of hydrogen-bond donors (Lipinski definition) is 0. The van der Waals surface area contributed by atoms with Crippen LogP contribution in [0.15, 0.2) is 23.8 Å². The zero-order valence-corrected chi connectivity index (χ0v) is 12.3. The van der Waals surface area contributed by atoms with Crippen LogP contribution in [-0.4, -0.2) is 29.3 Å². The molecule has 3 fully saturated rings. The first-order valence-corrected chi connectivity index (χ1v) is 8.21. The summed E-state index contributed by atoms with van der Waals surface area (Å²) < 4.78 is 0. The van der Waals surface area contributed by atoms with Crippen molar-refractivity contribution in [3.05, 3.63) is 23.8 Å². The Balaban J connectivity index is 1.71. The third-order valence-electron chi connectivity index (χ3n) is 7.30. The third kappa shape index (κ3) is 1.05. The summed E-state index contributed by atoms with van der Waals surface area (Å²) in [6.45, 7) is 8.03. The van der Waals surface area contributed by atoms with Gasteiger partial charge in [0.15, 0.2) is 0 Å². The second-order valence-corrected chi connectivity index (χ2v) is 8.17. The summed E-state index contributed by atoms with van der Waals surface area (Å²) in [5, 5.41) is 0. The zero-order chi connectivity index (χ0) is 13.7. The molecular weight excluding hydrogens is 246 g/mol. The summed E-state index contributed by atoms with van der Waals surface area (Å²) in [5.41, 5.74) is 3.80. The molecule has 20 heavy (non-hydrogen) atoms. The average Bonchev–Trinajstić information content (AvgIpc) is 2.96. The molecule has 0 aromatic rings. The molecule has 1 saturated carbocycles. The van der Waals surface area contributed by atoms with Crippen LogP contribution in [0.5, 0.6) is 0 Å². The van der Waals surface area contributed by atoms with Crippen LogP contribution in [0.1, 0.15) is 45.4 Å². The van der Waals surface area contributed by atoms with Gasteiger partial charge >= 0.3 is 0 Å². The van der Waals surface area contributed by atoms with Crippen LogP contribution >= 0.6 is 0 Å². The lowest BCUT2D eigenvalue weighted by Crippen LogP contribution is -2.55. The van der Waals surface area contributed by atoms with Crippen LogP contribution in [0.2, 0.25) is 0 Å². The lowest BCUT2D eigenvalue weighted by atomic mass is 9.52. The number of nitrogens with zero attached hydrogens (tertiary/aromatic N) is 1. The number of Topliss-reactive ketones (excluding diaryl/α,β-unsaturated/α-hetero) is 1. The number of rotatable bonds is 1. The number of carbonyl (C=O) groups is 1. The normalized spacial score (nSPS) is 55.4. The maximum Gasteiger partial charge on any atom is 0.141 e. The fourth-order valence-corrected chi connectivity index (χ4v) is 6.98. The minimum absolute atomic E-state index is 0.275. The lowest BCUT2D eigenvalue weighted by Gasteiger charge is -2.54. The Morgan fingerprint density at radius 1 is 1.35 bits per heavy atom. The molecule has 5 rings (SSSR count). The topological polar surface area (TPSA) is 20.3 Å². The van der Waals surface area contributed by atoms with E-state index in [0.29, 0.717) is 23.3 Å². The standard InChI is InChI=1S/C18H23NO/c1-3-18-6-4-5-17(2)10-19-14(15(17)18)8-11-7-12(20)9-13(11)16(18)19/h3,14-16H,1,4-10H2,2H3/t14-,15-,16-,17-,18-/m0/s1. The van der Waals surface area contributed by atoms with Gasteiger partial charge in [-0.05, 0) is 36.2 Å². The zero-order valence-electron chi connectivity index (χ0n) is 12.3. The molecule has 5 aliphatic rings. The first-order chi connectivity index (χ1) is 9.59. The van der Waals surface area contributed by atoms with Crippen molar-refractivity contribution < 1.29 is 4.79 Å². The van der Waals surface area contributed by atoms with E-state index in [9.17, 15) is 4.79 Å². The van der Waals surface area contributed by atoms with Crippen molar-refractivity contribution in [3.63, 3.8) is 0 Å². The molecule has 0 N–H and O–H groups in total. The maximum atomic E-state index is 11.9. The number of hydrogen-bond acceptors (Lipinski definition) is 2. The van der Waals surface area contributed by atoms with Gasteiger partial charge in [-0.25, -0.2) is 0 Å². The van der Waals surface area contributed by atoms with E-state index in [0.717, 1.165) is 18.8 Å². The third-order valence-corrected chi connectivity index (χ3v) is 7.30. The molecule has 2 nitrogen and oxygen atoms in total. The van der Waals surface area contributed by atoms with Crippen molar-refractivity contribution >= 4 is 5.78 Å². The maximum absolute atomic E-state index is 11.9. The highest BCUT2D eigenvalue weighted by atomic mass is 16.1. The molecule has 6 atom stereocenters. The van der Waals surface area contributed by atoms with Gasteiger partial charge in [0.25, 0.3) is 0 Å². The summed E-state index contributed by atoms with van der Waals surface area (Å²) >= 11 is 0. The predicted molar refractivity (Wildman–Crippen MR) is 78.2 cm³/mol. The number of fused-ring (bicyclic) bond motifs is 2. The average molecular weight is 269 g/mol. The smallest absolute Gasteiger partial charge is 0.141 e. The lowest BCUT2D eigenvalue weighted by molar-refractivity contribution is -0.117. The molecule has 0 amide bonds. The Morgan fingerprint density at radius 3 is 3.00 bits per heavy atom. The molecule has 2 saturated heterocycles. The minimum atomic E-state index is 0.275. The van der Waals surface area contributed by atoms with E-state index in [2.05, 4.69) is 24.5 Å². The Hall–Kier alpha value is -0.890. The monoisotopic (exact) mass is 269 g/mol. The molecule has 0 spiro atoms. The summed E-state index contributed by atoms with van der Waals surface area (Å²) in [5.74, 6) is 1.24. The second kappa shape index (κ2) is 3.30.